The Bertz CT molecular complexity index is 1160. The van der Waals surface area contributed by atoms with Crippen molar-refractivity contribution < 1.29 is 19.0 Å². The normalized spacial score (nSPS) is 27.1. The first-order valence-corrected chi connectivity index (χ1v) is 15.1. The van der Waals surface area contributed by atoms with Gasteiger partial charge in [-0.05, 0) is 83.2 Å². The number of likely N-dealkylation sites (tertiary alicyclic amines) is 1. The van der Waals surface area contributed by atoms with Gasteiger partial charge >= 0.3 is 5.97 Å². The summed E-state index contributed by atoms with van der Waals surface area (Å²) in [5, 5.41) is 9.70. The molecule has 4 nitrogen and oxygen atoms in total. The van der Waals surface area contributed by atoms with Crippen molar-refractivity contribution in [2.24, 2.45) is 17.8 Å². The highest BCUT2D eigenvalue weighted by atomic mass is 19.1. The molecule has 0 bridgehead atoms. The van der Waals surface area contributed by atoms with Crippen LogP contribution in [0.3, 0.4) is 0 Å². The second-order valence-electron chi connectivity index (χ2n) is 14.6. The first kappa shape index (κ1) is 30.7. The molecule has 2 aliphatic rings. The van der Waals surface area contributed by atoms with E-state index in [-0.39, 0.29) is 40.7 Å². The number of nitrogens with zero attached hydrogens (tertiary/aromatic N) is 1. The van der Waals surface area contributed by atoms with Gasteiger partial charge in [-0.3, -0.25) is 4.79 Å². The molecule has 1 N–H and O–H groups in total. The molecule has 1 saturated heterocycles. The van der Waals surface area contributed by atoms with Crippen LogP contribution in [0.5, 0.6) is 0 Å². The lowest BCUT2D eigenvalue weighted by Gasteiger charge is -2.38. The molecule has 0 aromatic heterocycles. The summed E-state index contributed by atoms with van der Waals surface area (Å²) in [6, 6.07) is 13.8. The molecule has 4 rings (SSSR count). The number of hydrogen-bond acceptors (Lipinski definition) is 3. The largest absolute Gasteiger partial charge is 0.481 e. The third-order valence-corrected chi connectivity index (χ3v) is 9.11. The molecule has 0 radical (unpaired) electrons. The summed E-state index contributed by atoms with van der Waals surface area (Å²) in [5.41, 5.74) is 5.04. The van der Waals surface area contributed by atoms with Gasteiger partial charge in [-0.15, -0.1) is 0 Å². The fraction of sp³-hybridized carbons (Fsp3) is 0.629. The molecular formula is C35H50FNO3. The number of halogens is 1. The molecule has 1 saturated carbocycles. The number of carboxylic acid groups (broad SMARTS) is 1. The van der Waals surface area contributed by atoms with Gasteiger partial charge in [-0.2, -0.15) is 0 Å². The molecule has 1 heterocycles. The van der Waals surface area contributed by atoms with Gasteiger partial charge in [0.05, 0.1) is 18.1 Å². The smallest absolute Gasteiger partial charge is 0.307 e. The van der Waals surface area contributed by atoms with E-state index in [1.807, 2.05) is 12.1 Å². The number of rotatable bonds is 7. The molecule has 0 amide bonds. The van der Waals surface area contributed by atoms with E-state index >= 15 is 0 Å². The Morgan fingerprint density at radius 3 is 2.30 bits per heavy atom. The van der Waals surface area contributed by atoms with Crippen LogP contribution in [0.25, 0.3) is 0 Å². The highest BCUT2D eigenvalue weighted by molar-refractivity contribution is 5.70. The maximum absolute atomic E-state index is 13.9. The first-order chi connectivity index (χ1) is 18.6. The molecular weight excluding hydrogens is 501 g/mol. The van der Waals surface area contributed by atoms with Crippen molar-refractivity contribution in [1.29, 1.82) is 0 Å². The van der Waals surface area contributed by atoms with Crippen molar-refractivity contribution >= 4 is 5.97 Å². The molecule has 0 spiro atoms. The minimum Gasteiger partial charge on any atom is -0.481 e. The Morgan fingerprint density at radius 2 is 1.70 bits per heavy atom. The van der Waals surface area contributed by atoms with Gasteiger partial charge in [0.15, 0.2) is 0 Å². The number of piperidine rings is 1. The van der Waals surface area contributed by atoms with E-state index < -0.39 is 5.97 Å². The number of hydrogen-bond donors (Lipinski definition) is 1. The number of ether oxygens (including phenoxy) is 1. The monoisotopic (exact) mass is 551 g/mol. The standard InChI is InChI=1S/C35H50FNO3/c1-22-17-26(33(38)39)21-37(19-22)20-25-11-16-31(32(25)24-9-13-28(36)14-10-24)40-23(2)29-15-12-27(34(3,4)5)18-30(29)35(6,7)8/h9-10,12-15,18,22-23,25-26,31-32H,11,16-17,19-21H2,1-8H3,(H,38,39). The summed E-state index contributed by atoms with van der Waals surface area (Å²) < 4.78 is 20.9. The Kier molecular flexibility index (Phi) is 9.16. The molecule has 2 aromatic carbocycles. The lowest BCUT2D eigenvalue weighted by atomic mass is 9.77. The summed E-state index contributed by atoms with van der Waals surface area (Å²) >= 11 is 0. The fourth-order valence-corrected chi connectivity index (χ4v) is 7.05. The topological polar surface area (TPSA) is 49.8 Å². The summed E-state index contributed by atoms with van der Waals surface area (Å²) in [5.74, 6) is -0.414. The second kappa shape index (κ2) is 11.9. The van der Waals surface area contributed by atoms with Crippen molar-refractivity contribution in [3.8, 4) is 0 Å². The van der Waals surface area contributed by atoms with Gasteiger partial charge in [0.2, 0.25) is 0 Å². The van der Waals surface area contributed by atoms with Gasteiger partial charge < -0.3 is 14.7 Å². The highest BCUT2D eigenvalue weighted by Crippen LogP contribution is 2.45. The van der Waals surface area contributed by atoms with Crippen LogP contribution in [0.2, 0.25) is 0 Å². The number of aliphatic carboxylic acids is 1. The number of carbonyl (C=O) groups is 1. The minimum atomic E-state index is -0.694. The minimum absolute atomic E-state index is 0.0121. The van der Waals surface area contributed by atoms with E-state index in [9.17, 15) is 14.3 Å². The van der Waals surface area contributed by atoms with Crippen molar-refractivity contribution in [3.63, 3.8) is 0 Å². The van der Waals surface area contributed by atoms with Gasteiger partial charge in [0, 0.05) is 25.6 Å². The summed E-state index contributed by atoms with van der Waals surface area (Å²) in [6.07, 6.45) is 2.62. The second-order valence-corrected chi connectivity index (χ2v) is 14.6. The van der Waals surface area contributed by atoms with E-state index in [0.717, 1.165) is 37.9 Å². The lowest BCUT2D eigenvalue weighted by molar-refractivity contribution is -0.144. The Balaban J connectivity index is 1.60. The molecule has 6 unspecified atom stereocenters. The maximum Gasteiger partial charge on any atom is 0.307 e. The van der Waals surface area contributed by atoms with Crippen molar-refractivity contribution in [3.05, 3.63) is 70.5 Å². The van der Waals surface area contributed by atoms with Crippen molar-refractivity contribution in [2.75, 3.05) is 19.6 Å². The van der Waals surface area contributed by atoms with Gasteiger partial charge in [-0.25, -0.2) is 4.39 Å². The SMILES string of the molecule is CC1CC(C(=O)O)CN(CC2CCC(OC(C)c3ccc(C(C)(C)C)cc3C(C)(C)C)C2c2ccc(F)cc2)C1. The molecule has 220 valence electrons. The molecule has 40 heavy (non-hydrogen) atoms. The van der Waals surface area contributed by atoms with E-state index in [4.69, 9.17) is 4.74 Å². The van der Waals surface area contributed by atoms with Crippen LogP contribution in [0, 0.1) is 23.6 Å². The Labute approximate surface area is 241 Å². The van der Waals surface area contributed by atoms with Crippen LogP contribution < -0.4 is 0 Å². The molecule has 1 aliphatic carbocycles. The van der Waals surface area contributed by atoms with Crippen LogP contribution in [0.1, 0.15) is 109 Å². The predicted octanol–water partition coefficient (Wildman–Crippen LogP) is 8.10. The summed E-state index contributed by atoms with van der Waals surface area (Å²) in [7, 11) is 0. The third kappa shape index (κ3) is 7.15. The Hall–Kier alpha value is -2.24. The summed E-state index contributed by atoms with van der Waals surface area (Å²) in [6.45, 7) is 20.2. The Morgan fingerprint density at radius 1 is 1.02 bits per heavy atom. The first-order valence-electron chi connectivity index (χ1n) is 15.1. The summed E-state index contributed by atoms with van der Waals surface area (Å²) in [4.78, 5) is 14.2. The average Bonchev–Trinajstić information content (AvgIpc) is 3.24. The van der Waals surface area contributed by atoms with Gasteiger partial charge in [-0.1, -0.05) is 78.8 Å². The quantitative estimate of drug-likeness (QED) is 0.378. The van der Waals surface area contributed by atoms with E-state index in [1.54, 1.807) is 12.1 Å². The zero-order valence-corrected chi connectivity index (χ0v) is 25.8. The maximum atomic E-state index is 13.9. The molecule has 2 aromatic rings. The van der Waals surface area contributed by atoms with Crippen molar-refractivity contribution in [1.82, 2.24) is 4.90 Å². The molecule has 1 aliphatic heterocycles. The van der Waals surface area contributed by atoms with Crippen LogP contribution in [0.4, 0.5) is 4.39 Å². The van der Waals surface area contributed by atoms with E-state index in [0.29, 0.717) is 18.4 Å². The van der Waals surface area contributed by atoms with Crippen molar-refractivity contribution in [2.45, 2.75) is 104 Å². The number of benzene rings is 2. The van der Waals surface area contributed by atoms with Crippen LogP contribution in [0.15, 0.2) is 42.5 Å². The van der Waals surface area contributed by atoms with E-state index in [2.05, 4.69) is 78.5 Å². The predicted molar refractivity (Wildman–Crippen MR) is 160 cm³/mol. The van der Waals surface area contributed by atoms with E-state index in [1.165, 1.54) is 16.7 Å². The third-order valence-electron chi connectivity index (χ3n) is 9.11. The number of carboxylic acids is 1. The zero-order chi connectivity index (χ0) is 29.4. The zero-order valence-electron chi connectivity index (χ0n) is 25.8. The highest BCUT2D eigenvalue weighted by Gasteiger charge is 2.41. The average molecular weight is 552 g/mol. The lowest BCUT2D eigenvalue weighted by Crippen LogP contribution is -2.45. The van der Waals surface area contributed by atoms with Crippen LogP contribution in [-0.4, -0.2) is 41.7 Å². The van der Waals surface area contributed by atoms with Gasteiger partial charge in [0.25, 0.3) is 0 Å². The molecule has 5 heteroatoms. The van der Waals surface area contributed by atoms with Crippen LogP contribution in [-0.2, 0) is 20.4 Å². The van der Waals surface area contributed by atoms with Crippen LogP contribution >= 0.6 is 0 Å². The fourth-order valence-electron chi connectivity index (χ4n) is 7.05. The molecule has 6 atom stereocenters. The molecule has 2 fully saturated rings. The van der Waals surface area contributed by atoms with Gasteiger partial charge in [0.1, 0.15) is 5.82 Å².